The van der Waals surface area contributed by atoms with Crippen LogP contribution < -0.4 is 5.32 Å². The molecule has 1 saturated carbocycles. The van der Waals surface area contributed by atoms with Crippen molar-refractivity contribution in [2.24, 2.45) is 5.92 Å². The topological polar surface area (TPSA) is 49.3 Å². The number of hydrogen-bond donors (Lipinski definition) is 2. The molecule has 0 aromatic heterocycles. The van der Waals surface area contributed by atoms with Crippen molar-refractivity contribution in [1.29, 1.82) is 0 Å². The van der Waals surface area contributed by atoms with Gasteiger partial charge in [-0.3, -0.25) is 4.79 Å². The molecule has 0 heterocycles. The van der Waals surface area contributed by atoms with Gasteiger partial charge < -0.3 is 10.4 Å². The van der Waals surface area contributed by atoms with Crippen molar-refractivity contribution < 1.29 is 9.90 Å². The van der Waals surface area contributed by atoms with E-state index in [4.69, 9.17) is 16.7 Å². The molecule has 1 aromatic rings. The molecule has 1 atom stereocenters. The number of benzene rings is 1. The molecule has 0 bridgehead atoms. The monoisotopic (exact) mass is 295 g/mol. The molecule has 4 heteroatoms. The first-order chi connectivity index (χ1) is 9.58. The highest BCUT2D eigenvalue weighted by atomic mass is 35.5. The third kappa shape index (κ3) is 3.53. The van der Waals surface area contributed by atoms with Gasteiger partial charge in [-0.1, -0.05) is 30.7 Å². The second kappa shape index (κ2) is 6.59. The van der Waals surface area contributed by atoms with Crippen LogP contribution in [0.15, 0.2) is 24.3 Å². The van der Waals surface area contributed by atoms with Gasteiger partial charge in [-0.15, -0.1) is 0 Å². The average molecular weight is 296 g/mol. The van der Waals surface area contributed by atoms with E-state index in [2.05, 4.69) is 5.32 Å². The summed E-state index contributed by atoms with van der Waals surface area (Å²) in [5, 5.41) is 12.7. The Labute approximate surface area is 125 Å². The highest BCUT2D eigenvalue weighted by Crippen LogP contribution is 2.48. The normalized spacial score (nSPS) is 17.6. The fourth-order valence-corrected chi connectivity index (χ4v) is 2.58. The summed E-state index contributed by atoms with van der Waals surface area (Å²) in [6.45, 7) is 2.90. The predicted octanol–water partition coefficient (Wildman–Crippen LogP) is 2.90. The van der Waals surface area contributed by atoms with E-state index in [0.29, 0.717) is 17.5 Å². The Balaban J connectivity index is 1.84. The molecule has 20 heavy (non-hydrogen) atoms. The fourth-order valence-electron chi connectivity index (χ4n) is 2.45. The SMILES string of the molecule is CC(CO)CCCNC(=O)C1(c2ccc(Cl)cc2)CC1. The average Bonchev–Trinajstić information content (AvgIpc) is 3.25. The Morgan fingerprint density at radius 2 is 2.05 bits per heavy atom. The van der Waals surface area contributed by atoms with E-state index in [1.54, 1.807) is 0 Å². The molecule has 2 N–H and O–H groups in total. The van der Waals surface area contributed by atoms with Crippen LogP contribution in [0.1, 0.15) is 38.2 Å². The van der Waals surface area contributed by atoms with E-state index in [1.807, 2.05) is 31.2 Å². The third-order valence-corrected chi connectivity index (χ3v) is 4.30. The number of aliphatic hydroxyl groups is 1. The Kier molecular flexibility index (Phi) is 5.06. The zero-order chi connectivity index (χ0) is 14.6. The molecule has 0 saturated heterocycles. The lowest BCUT2D eigenvalue weighted by Gasteiger charge is -2.16. The largest absolute Gasteiger partial charge is 0.396 e. The summed E-state index contributed by atoms with van der Waals surface area (Å²) >= 11 is 5.89. The van der Waals surface area contributed by atoms with Gasteiger partial charge in [0, 0.05) is 18.2 Å². The van der Waals surface area contributed by atoms with E-state index >= 15 is 0 Å². The number of amides is 1. The summed E-state index contributed by atoms with van der Waals surface area (Å²) in [5.41, 5.74) is 0.732. The van der Waals surface area contributed by atoms with E-state index < -0.39 is 0 Å². The number of rotatable bonds is 7. The molecule has 0 spiro atoms. The number of carbonyl (C=O) groups excluding carboxylic acids is 1. The highest BCUT2D eigenvalue weighted by molar-refractivity contribution is 6.30. The molecule has 1 amide bonds. The number of halogens is 1. The minimum Gasteiger partial charge on any atom is -0.396 e. The standard InChI is InChI=1S/C16H22ClNO2/c1-12(11-19)3-2-10-18-15(20)16(8-9-16)13-4-6-14(17)7-5-13/h4-7,12,19H,2-3,8-11H2,1H3,(H,18,20). The van der Waals surface area contributed by atoms with E-state index in [-0.39, 0.29) is 17.9 Å². The van der Waals surface area contributed by atoms with E-state index in [0.717, 1.165) is 31.2 Å². The molecule has 0 aliphatic heterocycles. The molecule has 2 rings (SSSR count). The zero-order valence-corrected chi connectivity index (χ0v) is 12.6. The summed E-state index contributed by atoms with van der Waals surface area (Å²) in [6.07, 6.45) is 3.66. The summed E-state index contributed by atoms with van der Waals surface area (Å²) in [7, 11) is 0. The van der Waals surface area contributed by atoms with Gasteiger partial charge >= 0.3 is 0 Å². The van der Waals surface area contributed by atoms with Crippen molar-refractivity contribution in [3.8, 4) is 0 Å². The van der Waals surface area contributed by atoms with Crippen LogP contribution >= 0.6 is 11.6 Å². The van der Waals surface area contributed by atoms with Gasteiger partial charge in [0.2, 0.25) is 5.91 Å². The van der Waals surface area contributed by atoms with Crippen LogP contribution in [0.3, 0.4) is 0 Å². The molecule has 1 unspecified atom stereocenters. The summed E-state index contributed by atoms with van der Waals surface area (Å²) in [4.78, 5) is 12.3. The van der Waals surface area contributed by atoms with Crippen LogP contribution in [0.25, 0.3) is 0 Å². The molecule has 1 aliphatic rings. The van der Waals surface area contributed by atoms with Gasteiger partial charge in [-0.05, 0) is 49.3 Å². The third-order valence-electron chi connectivity index (χ3n) is 4.05. The van der Waals surface area contributed by atoms with Crippen molar-refractivity contribution in [2.75, 3.05) is 13.2 Å². The summed E-state index contributed by atoms with van der Waals surface area (Å²) in [5.74, 6) is 0.425. The lowest BCUT2D eigenvalue weighted by atomic mass is 9.95. The van der Waals surface area contributed by atoms with Gasteiger partial charge in [-0.2, -0.15) is 0 Å². The van der Waals surface area contributed by atoms with Gasteiger partial charge in [0.25, 0.3) is 0 Å². The van der Waals surface area contributed by atoms with Crippen molar-refractivity contribution in [2.45, 2.75) is 38.0 Å². The smallest absolute Gasteiger partial charge is 0.230 e. The van der Waals surface area contributed by atoms with Gasteiger partial charge in [-0.25, -0.2) is 0 Å². The number of hydrogen-bond acceptors (Lipinski definition) is 2. The number of nitrogens with one attached hydrogen (secondary N) is 1. The molecule has 3 nitrogen and oxygen atoms in total. The molecule has 1 fully saturated rings. The van der Waals surface area contributed by atoms with Crippen molar-refractivity contribution in [3.05, 3.63) is 34.9 Å². The van der Waals surface area contributed by atoms with E-state index in [9.17, 15) is 4.79 Å². The lowest BCUT2D eigenvalue weighted by molar-refractivity contribution is -0.123. The van der Waals surface area contributed by atoms with Gasteiger partial charge in [0.15, 0.2) is 0 Å². The Hall–Kier alpha value is -1.06. The van der Waals surface area contributed by atoms with Crippen molar-refractivity contribution >= 4 is 17.5 Å². The maximum atomic E-state index is 12.3. The maximum absolute atomic E-state index is 12.3. The predicted molar refractivity (Wildman–Crippen MR) is 80.9 cm³/mol. The van der Waals surface area contributed by atoms with Crippen LogP contribution in [0.4, 0.5) is 0 Å². The number of carbonyl (C=O) groups is 1. The van der Waals surface area contributed by atoms with Crippen LogP contribution in [-0.4, -0.2) is 24.2 Å². The van der Waals surface area contributed by atoms with Crippen LogP contribution in [0, 0.1) is 5.92 Å². The number of aliphatic hydroxyl groups excluding tert-OH is 1. The first-order valence-corrected chi connectivity index (χ1v) is 7.61. The van der Waals surface area contributed by atoms with Crippen LogP contribution in [0.2, 0.25) is 5.02 Å². The van der Waals surface area contributed by atoms with Crippen molar-refractivity contribution in [1.82, 2.24) is 5.32 Å². The zero-order valence-electron chi connectivity index (χ0n) is 11.9. The molecule has 0 radical (unpaired) electrons. The minimum absolute atomic E-state index is 0.122. The highest BCUT2D eigenvalue weighted by Gasteiger charge is 2.50. The maximum Gasteiger partial charge on any atom is 0.230 e. The van der Waals surface area contributed by atoms with E-state index in [1.165, 1.54) is 0 Å². The van der Waals surface area contributed by atoms with Crippen molar-refractivity contribution in [3.63, 3.8) is 0 Å². The lowest BCUT2D eigenvalue weighted by Crippen LogP contribution is -2.35. The second-order valence-electron chi connectivity index (χ2n) is 5.77. The molecular formula is C16H22ClNO2. The summed E-state index contributed by atoms with van der Waals surface area (Å²) < 4.78 is 0. The fraction of sp³-hybridized carbons (Fsp3) is 0.562. The quantitative estimate of drug-likeness (QED) is 0.760. The minimum atomic E-state index is -0.326. The molecular weight excluding hydrogens is 274 g/mol. The van der Waals surface area contributed by atoms with Gasteiger partial charge in [0.05, 0.1) is 5.41 Å². The second-order valence-corrected chi connectivity index (χ2v) is 6.21. The Morgan fingerprint density at radius 1 is 1.40 bits per heavy atom. The first-order valence-electron chi connectivity index (χ1n) is 7.24. The van der Waals surface area contributed by atoms with Crippen LogP contribution in [0.5, 0.6) is 0 Å². The molecule has 110 valence electrons. The van der Waals surface area contributed by atoms with Gasteiger partial charge in [0.1, 0.15) is 0 Å². The Bertz CT molecular complexity index is 454. The molecule has 1 aliphatic carbocycles. The molecule has 1 aromatic carbocycles. The Morgan fingerprint density at radius 3 is 2.60 bits per heavy atom. The summed E-state index contributed by atoms with van der Waals surface area (Å²) in [6, 6.07) is 7.58. The van der Waals surface area contributed by atoms with Crippen LogP contribution in [-0.2, 0) is 10.2 Å². The first kappa shape index (κ1) is 15.3.